The van der Waals surface area contributed by atoms with Crippen molar-refractivity contribution in [3.05, 3.63) is 84.2 Å². The molecule has 0 radical (unpaired) electrons. The van der Waals surface area contributed by atoms with Gasteiger partial charge < -0.3 is 0 Å². The minimum absolute atomic E-state index is 0.0847. The third-order valence-electron chi connectivity index (χ3n) is 3.15. The average molecular weight is 259 g/mol. The van der Waals surface area contributed by atoms with Gasteiger partial charge in [-0.05, 0) is 34.5 Å². The first-order valence-corrected chi connectivity index (χ1v) is 6.46. The zero-order valence-corrected chi connectivity index (χ0v) is 10.9. The number of carbonyl (C=O) groups is 1. The van der Waals surface area contributed by atoms with Crippen LogP contribution in [-0.2, 0) is 0 Å². The molecule has 0 unspecified atom stereocenters. The number of aromatic nitrogens is 1. The molecule has 0 spiro atoms. The lowest BCUT2D eigenvalue weighted by molar-refractivity contribution is 0.104. The van der Waals surface area contributed by atoms with Crippen LogP contribution in [0.5, 0.6) is 0 Å². The quantitative estimate of drug-likeness (QED) is 0.523. The van der Waals surface area contributed by atoms with E-state index < -0.39 is 0 Å². The lowest BCUT2D eigenvalue weighted by Gasteiger charge is -2.01. The Morgan fingerprint density at radius 2 is 1.70 bits per heavy atom. The molecule has 0 fully saturated rings. The minimum atomic E-state index is -0.0847. The number of hydrogen-bond donors (Lipinski definition) is 0. The van der Waals surface area contributed by atoms with Crippen molar-refractivity contribution in [2.75, 3.05) is 0 Å². The highest BCUT2D eigenvalue weighted by molar-refractivity contribution is 6.06. The van der Waals surface area contributed by atoms with Crippen LogP contribution in [-0.4, -0.2) is 10.8 Å². The molecule has 0 saturated heterocycles. The second kappa shape index (κ2) is 5.49. The molecular formula is C18H13NO. The molecule has 0 saturated carbocycles. The van der Waals surface area contributed by atoms with Crippen molar-refractivity contribution in [3.63, 3.8) is 0 Å². The van der Waals surface area contributed by atoms with Crippen molar-refractivity contribution < 1.29 is 4.79 Å². The van der Waals surface area contributed by atoms with Gasteiger partial charge in [0, 0.05) is 6.20 Å². The number of ketones is 1. The number of rotatable bonds is 3. The first kappa shape index (κ1) is 12.3. The number of hydrogen-bond acceptors (Lipinski definition) is 2. The van der Waals surface area contributed by atoms with Gasteiger partial charge in [-0.1, -0.05) is 54.6 Å². The highest BCUT2D eigenvalue weighted by Crippen LogP contribution is 2.19. The fraction of sp³-hybridized carbons (Fsp3) is 0. The molecule has 0 aliphatic carbocycles. The van der Waals surface area contributed by atoms with Gasteiger partial charge in [-0.25, -0.2) is 0 Å². The molecule has 0 amide bonds. The predicted octanol–water partition coefficient (Wildman–Crippen LogP) is 4.13. The Balaban J connectivity index is 1.94. The zero-order chi connectivity index (χ0) is 13.8. The average Bonchev–Trinajstić information content (AvgIpc) is 2.53. The Kier molecular flexibility index (Phi) is 3.38. The second-order valence-corrected chi connectivity index (χ2v) is 4.48. The van der Waals surface area contributed by atoms with E-state index in [1.54, 1.807) is 24.4 Å². The smallest absolute Gasteiger partial charge is 0.204 e. The molecule has 0 aliphatic heterocycles. The van der Waals surface area contributed by atoms with Crippen molar-refractivity contribution >= 4 is 22.6 Å². The van der Waals surface area contributed by atoms with Gasteiger partial charge >= 0.3 is 0 Å². The fourth-order valence-corrected chi connectivity index (χ4v) is 2.16. The maximum Gasteiger partial charge on any atom is 0.204 e. The molecule has 0 bridgehead atoms. The molecule has 2 heteroatoms. The summed E-state index contributed by atoms with van der Waals surface area (Å²) >= 11 is 0. The van der Waals surface area contributed by atoms with Gasteiger partial charge in [-0.15, -0.1) is 0 Å². The molecule has 96 valence electrons. The molecule has 2 aromatic carbocycles. The van der Waals surface area contributed by atoms with Crippen molar-refractivity contribution in [1.29, 1.82) is 0 Å². The van der Waals surface area contributed by atoms with E-state index in [2.05, 4.69) is 23.2 Å². The maximum absolute atomic E-state index is 12.0. The maximum atomic E-state index is 12.0. The Bertz CT molecular complexity index is 770. The van der Waals surface area contributed by atoms with Crippen LogP contribution < -0.4 is 0 Å². The number of carbonyl (C=O) groups excluding carboxylic acids is 1. The van der Waals surface area contributed by atoms with Crippen molar-refractivity contribution in [2.24, 2.45) is 0 Å². The molecule has 0 aliphatic rings. The van der Waals surface area contributed by atoms with E-state index in [4.69, 9.17) is 0 Å². The summed E-state index contributed by atoms with van der Waals surface area (Å²) in [4.78, 5) is 16.1. The largest absolute Gasteiger partial charge is 0.288 e. The van der Waals surface area contributed by atoms with E-state index in [1.165, 1.54) is 5.39 Å². The summed E-state index contributed by atoms with van der Waals surface area (Å²) in [6.07, 6.45) is 5.04. The third kappa shape index (κ3) is 2.50. The van der Waals surface area contributed by atoms with Crippen LogP contribution in [0.2, 0.25) is 0 Å². The molecule has 1 heterocycles. The number of fused-ring (bicyclic) bond motifs is 1. The molecule has 3 rings (SSSR count). The van der Waals surface area contributed by atoms with E-state index in [9.17, 15) is 4.79 Å². The first-order chi connectivity index (χ1) is 9.84. The number of pyridine rings is 1. The van der Waals surface area contributed by atoms with E-state index in [-0.39, 0.29) is 5.78 Å². The van der Waals surface area contributed by atoms with Gasteiger partial charge in [0.1, 0.15) is 5.69 Å². The van der Waals surface area contributed by atoms with Crippen molar-refractivity contribution in [1.82, 2.24) is 4.98 Å². The molecule has 2 nitrogen and oxygen atoms in total. The van der Waals surface area contributed by atoms with Gasteiger partial charge in [-0.3, -0.25) is 9.78 Å². The van der Waals surface area contributed by atoms with E-state index in [0.29, 0.717) is 5.69 Å². The van der Waals surface area contributed by atoms with Gasteiger partial charge in [0.25, 0.3) is 0 Å². The Morgan fingerprint density at radius 3 is 2.55 bits per heavy atom. The van der Waals surface area contributed by atoms with Gasteiger partial charge in [0.2, 0.25) is 5.78 Å². The molecule has 20 heavy (non-hydrogen) atoms. The molecule has 3 aromatic rings. The Hall–Kier alpha value is -2.74. The summed E-state index contributed by atoms with van der Waals surface area (Å²) in [5.74, 6) is -0.0847. The van der Waals surface area contributed by atoms with Crippen LogP contribution in [0.25, 0.3) is 16.8 Å². The molecule has 0 atom stereocenters. The summed E-state index contributed by atoms with van der Waals surface area (Å²) in [6, 6.07) is 19.5. The monoisotopic (exact) mass is 259 g/mol. The SMILES string of the molecule is O=C(/C=C\c1cccc2ccccc12)c1ccccn1. The van der Waals surface area contributed by atoms with Crippen molar-refractivity contribution in [3.8, 4) is 0 Å². The van der Waals surface area contributed by atoms with Gasteiger partial charge in [0.15, 0.2) is 0 Å². The van der Waals surface area contributed by atoms with Crippen LogP contribution >= 0.6 is 0 Å². The minimum Gasteiger partial charge on any atom is -0.288 e. The lowest BCUT2D eigenvalue weighted by Crippen LogP contribution is -1.96. The number of benzene rings is 2. The highest BCUT2D eigenvalue weighted by Gasteiger charge is 2.02. The predicted molar refractivity (Wildman–Crippen MR) is 81.5 cm³/mol. The topological polar surface area (TPSA) is 30.0 Å². The Morgan fingerprint density at radius 1 is 0.900 bits per heavy atom. The summed E-state index contributed by atoms with van der Waals surface area (Å²) in [5.41, 5.74) is 1.50. The van der Waals surface area contributed by atoms with Crippen LogP contribution in [0.4, 0.5) is 0 Å². The van der Waals surface area contributed by atoms with E-state index >= 15 is 0 Å². The molecule has 0 N–H and O–H groups in total. The van der Waals surface area contributed by atoms with Gasteiger partial charge in [0.05, 0.1) is 0 Å². The van der Waals surface area contributed by atoms with Crippen molar-refractivity contribution in [2.45, 2.75) is 0 Å². The summed E-state index contributed by atoms with van der Waals surface area (Å²) in [7, 11) is 0. The van der Waals surface area contributed by atoms with E-state index in [1.807, 2.05) is 36.4 Å². The van der Waals surface area contributed by atoms with Gasteiger partial charge in [-0.2, -0.15) is 0 Å². The molecular weight excluding hydrogens is 246 g/mol. The second-order valence-electron chi connectivity index (χ2n) is 4.48. The lowest BCUT2D eigenvalue weighted by atomic mass is 10.0. The van der Waals surface area contributed by atoms with Crippen LogP contribution in [0.15, 0.2) is 72.9 Å². The summed E-state index contributed by atoms with van der Waals surface area (Å²) in [5, 5.41) is 2.31. The first-order valence-electron chi connectivity index (χ1n) is 6.46. The molecule has 1 aromatic heterocycles. The highest BCUT2D eigenvalue weighted by atomic mass is 16.1. The third-order valence-corrected chi connectivity index (χ3v) is 3.15. The van der Waals surface area contributed by atoms with E-state index in [0.717, 1.165) is 10.9 Å². The zero-order valence-electron chi connectivity index (χ0n) is 10.9. The fourth-order valence-electron chi connectivity index (χ4n) is 2.16. The summed E-state index contributed by atoms with van der Waals surface area (Å²) in [6.45, 7) is 0. The number of nitrogens with zero attached hydrogens (tertiary/aromatic N) is 1. The standard InChI is InChI=1S/C18H13NO/c20-18(17-10-3-4-13-19-17)12-11-15-8-5-7-14-6-1-2-9-16(14)15/h1-13H/b12-11-. The van der Waals surface area contributed by atoms with Crippen LogP contribution in [0.3, 0.4) is 0 Å². The number of allylic oxidation sites excluding steroid dienone is 1. The van der Waals surface area contributed by atoms with Crippen LogP contribution in [0, 0.1) is 0 Å². The normalized spacial score (nSPS) is 11.0. The summed E-state index contributed by atoms with van der Waals surface area (Å²) < 4.78 is 0. The Labute approximate surface area is 117 Å². The van der Waals surface area contributed by atoms with Crippen LogP contribution in [0.1, 0.15) is 16.1 Å².